The minimum atomic E-state index is -0.514. The van der Waals surface area contributed by atoms with Crippen molar-refractivity contribution >= 4 is 33.5 Å². The normalized spacial score (nSPS) is 25.2. The number of carbonyl (C=O) groups is 1. The smallest absolute Gasteiger partial charge is 0.306 e. The first-order valence-corrected chi connectivity index (χ1v) is 6.70. The number of hydrogen-bond donors (Lipinski definition) is 0. The molecule has 0 amide bonds. The van der Waals surface area contributed by atoms with Gasteiger partial charge in [-0.2, -0.15) is 0 Å². The average Bonchev–Trinajstić information content (AvgIpc) is 2.29. The third kappa shape index (κ3) is 2.25. The number of carbonyl (C=O) groups excluding carboxylic acids is 1. The van der Waals surface area contributed by atoms with Crippen molar-refractivity contribution in [2.45, 2.75) is 24.9 Å². The first-order valence-electron chi connectivity index (χ1n) is 5.20. The maximum atomic E-state index is 11.4. The predicted octanol–water partition coefficient (Wildman–Crippen LogP) is 3.66. The Balaban J connectivity index is 2.33. The lowest BCUT2D eigenvalue weighted by Gasteiger charge is -2.35. The molecule has 4 heteroatoms. The summed E-state index contributed by atoms with van der Waals surface area (Å²) in [5.74, 6) is -0.124. The summed E-state index contributed by atoms with van der Waals surface area (Å²) in [5.41, 5.74) is 0.488. The Morgan fingerprint density at radius 3 is 2.62 bits per heavy atom. The largest absolute Gasteiger partial charge is 0.453 e. The first kappa shape index (κ1) is 11.9. The van der Waals surface area contributed by atoms with Gasteiger partial charge in [0.1, 0.15) is 5.60 Å². The zero-order valence-electron chi connectivity index (χ0n) is 8.71. The van der Waals surface area contributed by atoms with Gasteiger partial charge in [-0.1, -0.05) is 39.7 Å². The van der Waals surface area contributed by atoms with Gasteiger partial charge in [-0.3, -0.25) is 4.79 Å². The monoisotopic (exact) mass is 302 g/mol. The van der Waals surface area contributed by atoms with E-state index in [1.807, 2.05) is 24.3 Å². The second-order valence-corrected chi connectivity index (χ2v) is 4.96. The van der Waals surface area contributed by atoms with E-state index in [1.165, 1.54) is 0 Å². The van der Waals surface area contributed by atoms with E-state index in [2.05, 4.69) is 15.9 Å². The van der Waals surface area contributed by atoms with Crippen LogP contribution in [-0.4, -0.2) is 11.3 Å². The maximum absolute atomic E-state index is 11.4. The summed E-state index contributed by atoms with van der Waals surface area (Å²) in [6, 6.07) is 7.48. The lowest BCUT2D eigenvalue weighted by atomic mass is 9.88. The van der Waals surface area contributed by atoms with Crippen LogP contribution in [0.5, 0.6) is 0 Å². The molecule has 0 spiro atoms. The van der Waals surface area contributed by atoms with E-state index in [4.69, 9.17) is 16.3 Å². The van der Waals surface area contributed by atoms with Crippen LogP contribution >= 0.6 is 27.5 Å². The van der Waals surface area contributed by atoms with Crippen molar-refractivity contribution in [2.75, 3.05) is 5.33 Å². The van der Waals surface area contributed by atoms with Crippen molar-refractivity contribution in [3.8, 4) is 0 Å². The highest BCUT2D eigenvalue weighted by molar-refractivity contribution is 9.09. The van der Waals surface area contributed by atoms with Crippen LogP contribution < -0.4 is 0 Å². The van der Waals surface area contributed by atoms with Gasteiger partial charge in [0.15, 0.2) is 0 Å². The van der Waals surface area contributed by atoms with Crippen LogP contribution in [0.25, 0.3) is 0 Å². The van der Waals surface area contributed by atoms with Crippen molar-refractivity contribution in [3.05, 3.63) is 34.9 Å². The topological polar surface area (TPSA) is 26.3 Å². The Kier molecular flexibility index (Phi) is 3.55. The molecule has 0 aromatic heterocycles. The molecular formula is C12H12BrClO2. The molecule has 0 saturated carbocycles. The Morgan fingerprint density at radius 2 is 2.06 bits per heavy atom. The van der Waals surface area contributed by atoms with Crippen LogP contribution in [-0.2, 0) is 15.1 Å². The fourth-order valence-corrected chi connectivity index (χ4v) is 2.81. The summed E-state index contributed by atoms with van der Waals surface area (Å²) in [6.07, 6.45) is 2.24. The zero-order valence-corrected chi connectivity index (χ0v) is 11.1. The fourth-order valence-electron chi connectivity index (χ4n) is 1.97. The number of hydrogen-bond acceptors (Lipinski definition) is 2. The Morgan fingerprint density at radius 1 is 1.38 bits per heavy atom. The van der Waals surface area contributed by atoms with Crippen LogP contribution in [0, 0.1) is 0 Å². The average molecular weight is 304 g/mol. The van der Waals surface area contributed by atoms with E-state index in [-0.39, 0.29) is 5.97 Å². The lowest BCUT2D eigenvalue weighted by molar-refractivity contribution is -0.165. The summed E-state index contributed by atoms with van der Waals surface area (Å²) < 4.78 is 5.52. The van der Waals surface area contributed by atoms with Gasteiger partial charge in [0, 0.05) is 16.8 Å². The van der Waals surface area contributed by atoms with E-state index >= 15 is 0 Å². The van der Waals surface area contributed by atoms with Gasteiger partial charge in [0.25, 0.3) is 0 Å². The molecule has 2 rings (SSSR count). The van der Waals surface area contributed by atoms with E-state index in [1.54, 1.807) is 0 Å². The summed E-state index contributed by atoms with van der Waals surface area (Å²) in [4.78, 5) is 11.4. The molecule has 1 atom stereocenters. The molecule has 1 heterocycles. The third-order valence-corrected chi connectivity index (χ3v) is 4.01. The molecule has 0 N–H and O–H groups in total. The van der Waals surface area contributed by atoms with Gasteiger partial charge >= 0.3 is 5.97 Å². The number of benzene rings is 1. The van der Waals surface area contributed by atoms with Crippen LogP contribution in [0.1, 0.15) is 24.8 Å². The van der Waals surface area contributed by atoms with Crippen molar-refractivity contribution < 1.29 is 9.53 Å². The highest BCUT2D eigenvalue weighted by atomic mass is 79.9. The van der Waals surface area contributed by atoms with Crippen molar-refractivity contribution in [1.82, 2.24) is 0 Å². The molecule has 1 aliphatic heterocycles. The molecular weight excluding hydrogens is 291 g/mol. The van der Waals surface area contributed by atoms with Gasteiger partial charge in [0.2, 0.25) is 0 Å². The minimum Gasteiger partial charge on any atom is -0.453 e. The lowest BCUT2D eigenvalue weighted by Crippen LogP contribution is -2.37. The van der Waals surface area contributed by atoms with Crippen molar-refractivity contribution in [1.29, 1.82) is 0 Å². The van der Waals surface area contributed by atoms with E-state index < -0.39 is 5.60 Å². The molecule has 1 fully saturated rings. The van der Waals surface area contributed by atoms with Crippen LogP contribution in [0.3, 0.4) is 0 Å². The summed E-state index contributed by atoms with van der Waals surface area (Å²) in [7, 11) is 0. The molecule has 1 aliphatic rings. The van der Waals surface area contributed by atoms with Gasteiger partial charge in [-0.15, -0.1) is 0 Å². The molecule has 86 valence electrons. The number of alkyl halides is 1. The van der Waals surface area contributed by atoms with E-state index in [9.17, 15) is 4.79 Å². The van der Waals surface area contributed by atoms with Gasteiger partial charge in [-0.25, -0.2) is 0 Å². The van der Waals surface area contributed by atoms with E-state index in [0.717, 1.165) is 18.4 Å². The molecule has 16 heavy (non-hydrogen) atoms. The zero-order chi connectivity index (χ0) is 11.6. The second-order valence-electron chi connectivity index (χ2n) is 3.96. The summed E-state index contributed by atoms with van der Waals surface area (Å²) >= 11 is 9.29. The quantitative estimate of drug-likeness (QED) is 0.616. The van der Waals surface area contributed by atoms with Crippen LogP contribution in [0.4, 0.5) is 0 Å². The molecule has 1 aromatic carbocycles. The molecule has 0 unspecified atom stereocenters. The number of esters is 1. The Bertz CT molecular complexity index is 391. The second kappa shape index (κ2) is 4.76. The van der Waals surface area contributed by atoms with Crippen molar-refractivity contribution in [3.63, 3.8) is 0 Å². The number of rotatable bonds is 2. The minimum absolute atomic E-state index is 0.124. The fraction of sp³-hybridized carbons (Fsp3) is 0.417. The first-order chi connectivity index (χ1) is 7.66. The molecule has 0 bridgehead atoms. The van der Waals surface area contributed by atoms with Crippen LogP contribution in [0.2, 0.25) is 5.02 Å². The molecule has 2 nitrogen and oxygen atoms in total. The Labute approximate surface area is 108 Å². The molecule has 1 saturated heterocycles. The third-order valence-electron chi connectivity index (χ3n) is 2.86. The van der Waals surface area contributed by atoms with Crippen LogP contribution in [0.15, 0.2) is 24.3 Å². The van der Waals surface area contributed by atoms with Gasteiger partial charge in [-0.05, 0) is 30.5 Å². The highest BCUT2D eigenvalue weighted by Gasteiger charge is 2.38. The van der Waals surface area contributed by atoms with E-state index in [0.29, 0.717) is 16.8 Å². The summed E-state index contributed by atoms with van der Waals surface area (Å²) in [5, 5.41) is 1.31. The molecule has 0 aliphatic carbocycles. The maximum Gasteiger partial charge on any atom is 0.306 e. The number of halogens is 2. The highest BCUT2D eigenvalue weighted by Crippen LogP contribution is 2.37. The number of cyclic esters (lactones) is 1. The van der Waals surface area contributed by atoms with Gasteiger partial charge < -0.3 is 4.74 Å². The summed E-state index contributed by atoms with van der Waals surface area (Å²) in [6.45, 7) is 0. The van der Waals surface area contributed by atoms with Gasteiger partial charge in [0.05, 0.1) is 0 Å². The predicted molar refractivity (Wildman–Crippen MR) is 66.9 cm³/mol. The Hall–Kier alpha value is -0.540. The molecule has 0 radical (unpaired) electrons. The van der Waals surface area contributed by atoms with Crippen molar-refractivity contribution in [2.24, 2.45) is 0 Å². The number of ether oxygens (including phenoxy) is 1. The standard InChI is InChI=1S/C12H12BrClO2/c13-8-12(7-1-2-11(15)16-12)9-3-5-10(14)6-4-9/h3-6H,1-2,7-8H2/t12-/m1/s1. The SMILES string of the molecule is O=C1CCC[C@@](CBr)(c2ccc(Cl)cc2)O1. The molecule has 1 aromatic rings.